The van der Waals surface area contributed by atoms with E-state index in [2.05, 4.69) is 16.9 Å². The molecule has 0 spiro atoms. The molecular formula is C17H20N2O4S. The average molecular weight is 348 g/mol. The van der Waals surface area contributed by atoms with Crippen LogP contribution in [0.1, 0.15) is 76.6 Å². The number of esters is 1. The predicted molar refractivity (Wildman–Crippen MR) is 87.0 cm³/mol. The van der Waals surface area contributed by atoms with Crippen molar-refractivity contribution in [2.75, 3.05) is 6.61 Å². The van der Waals surface area contributed by atoms with Crippen molar-refractivity contribution in [1.29, 1.82) is 0 Å². The molecule has 6 nitrogen and oxygen atoms in total. The van der Waals surface area contributed by atoms with Crippen molar-refractivity contribution in [3.63, 3.8) is 0 Å². The lowest BCUT2D eigenvalue weighted by Gasteiger charge is -2.21. The van der Waals surface area contributed by atoms with Crippen LogP contribution in [0.4, 0.5) is 0 Å². The molecule has 0 saturated carbocycles. The quantitative estimate of drug-likeness (QED) is 0.783. The summed E-state index contributed by atoms with van der Waals surface area (Å²) in [5.74, 6) is 0.0608. The largest absolute Gasteiger partial charge is 0.452 e. The molecule has 7 heteroatoms. The van der Waals surface area contributed by atoms with E-state index in [1.165, 1.54) is 6.39 Å². The number of carbonyl (C=O) groups is 1. The maximum absolute atomic E-state index is 12.6. The SMILES string of the molecule is CCc1nc2c(s1)[C@H](OC(=O)c1ncoc1[C@H]1CCCO1)CCC2. The molecule has 24 heavy (non-hydrogen) atoms. The molecule has 0 bridgehead atoms. The first-order chi connectivity index (χ1) is 11.8. The maximum atomic E-state index is 12.6. The van der Waals surface area contributed by atoms with E-state index in [9.17, 15) is 4.79 Å². The van der Waals surface area contributed by atoms with Gasteiger partial charge in [0.25, 0.3) is 0 Å². The Balaban J connectivity index is 1.53. The lowest BCUT2D eigenvalue weighted by molar-refractivity contribution is 0.0244. The fourth-order valence-corrected chi connectivity index (χ4v) is 4.42. The Morgan fingerprint density at radius 2 is 2.33 bits per heavy atom. The van der Waals surface area contributed by atoms with Crippen LogP contribution in [0.2, 0.25) is 0 Å². The van der Waals surface area contributed by atoms with E-state index in [1.807, 2.05) is 0 Å². The summed E-state index contributed by atoms with van der Waals surface area (Å²) in [6.07, 6.45) is 6.37. The van der Waals surface area contributed by atoms with E-state index in [4.69, 9.17) is 13.9 Å². The molecule has 1 aliphatic carbocycles. The van der Waals surface area contributed by atoms with Crippen molar-refractivity contribution >= 4 is 17.3 Å². The number of hydrogen-bond acceptors (Lipinski definition) is 7. The van der Waals surface area contributed by atoms with Crippen LogP contribution in [0, 0.1) is 0 Å². The number of fused-ring (bicyclic) bond motifs is 1. The second kappa shape index (κ2) is 6.64. The molecule has 2 aliphatic rings. The molecule has 1 saturated heterocycles. The van der Waals surface area contributed by atoms with E-state index in [0.29, 0.717) is 12.4 Å². The number of nitrogens with zero attached hydrogens (tertiary/aromatic N) is 2. The Labute approximate surface area is 144 Å². The molecule has 2 aromatic heterocycles. The maximum Gasteiger partial charge on any atom is 0.361 e. The lowest BCUT2D eigenvalue weighted by atomic mass is 10.0. The first-order valence-electron chi connectivity index (χ1n) is 8.50. The van der Waals surface area contributed by atoms with Gasteiger partial charge in [0.2, 0.25) is 0 Å². The van der Waals surface area contributed by atoms with Crippen molar-refractivity contribution in [1.82, 2.24) is 9.97 Å². The number of oxazole rings is 1. The summed E-state index contributed by atoms with van der Waals surface area (Å²) >= 11 is 1.66. The van der Waals surface area contributed by atoms with Gasteiger partial charge in [-0.15, -0.1) is 11.3 Å². The van der Waals surface area contributed by atoms with Gasteiger partial charge in [0, 0.05) is 6.61 Å². The highest BCUT2D eigenvalue weighted by atomic mass is 32.1. The third kappa shape index (κ3) is 2.86. The van der Waals surface area contributed by atoms with Crippen molar-refractivity contribution in [3.05, 3.63) is 33.4 Å². The fraction of sp³-hybridized carbons (Fsp3) is 0.588. The van der Waals surface area contributed by atoms with Crippen molar-refractivity contribution < 1.29 is 18.7 Å². The molecule has 2 aromatic rings. The highest BCUT2D eigenvalue weighted by Crippen LogP contribution is 2.38. The highest BCUT2D eigenvalue weighted by molar-refractivity contribution is 7.11. The Bertz CT molecular complexity index is 733. The third-order valence-electron chi connectivity index (χ3n) is 4.51. The summed E-state index contributed by atoms with van der Waals surface area (Å²) in [6, 6.07) is 0. The molecule has 0 unspecified atom stereocenters. The van der Waals surface area contributed by atoms with Crippen LogP contribution in [0.25, 0.3) is 0 Å². The number of aromatic nitrogens is 2. The molecule has 4 rings (SSSR count). The Morgan fingerprint density at radius 3 is 3.12 bits per heavy atom. The van der Waals surface area contributed by atoms with Gasteiger partial charge in [0.15, 0.2) is 17.8 Å². The molecule has 0 N–H and O–H groups in total. The first kappa shape index (κ1) is 15.8. The van der Waals surface area contributed by atoms with Gasteiger partial charge in [-0.1, -0.05) is 6.92 Å². The van der Waals surface area contributed by atoms with E-state index < -0.39 is 5.97 Å². The Morgan fingerprint density at radius 1 is 1.42 bits per heavy atom. The van der Waals surface area contributed by atoms with Gasteiger partial charge in [-0.3, -0.25) is 0 Å². The van der Waals surface area contributed by atoms with E-state index in [-0.39, 0.29) is 17.9 Å². The molecule has 0 radical (unpaired) electrons. The van der Waals surface area contributed by atoms with Crippen LogP contribution in [0.3, 0.4) is 0 Å². The minimum Gasteiger partial charge on any atom is -0.452 e. The molecular weight excluding hydrogens is 328 g/mol. The highest BCUT2D eigenvalue weighted by Gasteiger charge is 2.32. The minimum atomic E-state index is -0.432. The van der Waals surface area contributed by atoms with Crippen molar-refractivity contribution in [2.24, 2.45) is 0 Å². The van der Waals surface area contributed by atoms with Crippen molar-refractivity contribution in [3.8, 4) is 0 Å². The molecule has 0 amide bonds. The standard InChI is InChI=1S/C17H20N2O4S/c1-2-13-19-10-5-3-6-12(16(10)24-13)23-17(20)14-15(22-9-18-14)11-7-4-8-21-11/h9,11-12H,2-8H2,1H3/t11-,12-/m1/s1. The third-order valence-corrected chi connectivity index (χ3v) is 5.84. The van der Waals surface area contributed by atoms with Gasteiger partial charge >= 0.3 is 5.97 Å². The van der Waals surface area contributed by atoms with Gasteiger partial charge in [0.1, 0.15) is 12.2 Å². The number of ether oxygens (including phenoxy) is 2. The first-order valence-corrected chi connectivity index (χ1v) is 9.32. The zero-order chi connectivity index (χ0) is 16.5. The number of thiazole rings is 1. The van der Waals surface area contributed by atoms with E-state index in [1.54, 1.807) is 11.3 Å². The summed E-state index contributed by atoms with van der Waals surface area (Å²) < 4.78 is 16.8. The molecule has 2 atom stereocenters. The zero-order valence-electron chi connectivity index (χ0n) is 13.6. The average Bonchev–Trinajstić information content (AvgIpc) is 3.32. The smallest absolute Gasteiger partial charge is 0.361 e. The van der Waals surface area contributed by atoms with E-state index in [0.717, 1.165) is 54.1 Å². The molecule has 1 aliphatic heterocycles. The molecule has 1 fully saturated rings. The Kier molecular flexibility index (Phi) is 4.37. The molecule has 128 valence electrons. The topological polar surface area (TPSA) is 74.5 Å². The number of aryl methyl sites for hydroxylation is 2. The van der Waals surface area contributed by atoms with Crippen LogP contribution in [-0.4, -0.2) is 22.5 Å². The van der Waals surface area contributed by atoms with Crippen LogP contribution >= 0.6 is 11.3 Å². The zero-order valence-corrected chi connectivity index (χ0v) is 14.4. The van der Waals surface area contributed by atoms with Crippen LogP contribution in [0.15, 0.2) is 10.8 Å². The Hall–Kier alpha value is -1.73. The summed E-state index contributed by atoms with van der Waals surface area (Å²) in [4.78, 5) is 22.4. The summed E-state index contributed by atoms with van der Waals surface area (Å²) in [7, 11) is 0. The van der Waals surface area contributed by atoms with Gasteiger partial charge in [0.05, 0.1) is 15.6 Å². The molecule has 3 heterocycles. The van der Waals surface area contributed by atoms with E-state index >= 15 is 0 Å². The predicted octanol–water partition coefficient (Wildman–Crippen LogP) is 3.78. The number of hydrogen-bond donors (Lipinski definition) is 0. The second-order valence-electron chi connectivity index (χ2n) is 6.13. The van der Waals surface area contributed by atoms with Crippen LogP contribution < -0.4 is 0 Å². The van der Waals surface area contributed by atoms with Crippen LogP contribution in [0.5, 0.6) is 0 Å². The van der Waals surface area contributed by atoms with Crippen molar-refractivity contribution in [2.45, 2.75) is 57.7 Å². The van der Waals surface area contributed by atoms with Gasteiger partial charge < -0.3 is 13.9 Å². The second-order valence-corrected chi connectivity index (χ2v) is 7.24. The molecule has 0 aromatic carbocycles. The number of rotatable bonds is 4. The fourth-order valence-electron chi connectivity index (χ4n) is 3.30. The van der Waals surface area contributed by atoms with Crippen LogP contribution in [-0.2, 0) is 22.3 Å². The lowest BCUT2D eigenvalue weighted by Crippen LogP contribution is -2.17. The van der Waals surface area contributed by atoms with Gasteiger partial charge in [-0.2, -0.15) is 0 Å². The normalized spacial score (nSPS) is 23.2. The van der Waals surface area contributed by atoms with Gasteiger partial charge in [-0.25, -0.2) is 14.8 Å². The summed E-state index contributed by atoms with van der Waals surface area (Å²) in [6.45, 7) is 2.78. The minimum absolute atomic E-state index is 0.188. The summed E-state index contributed by atoms with van der Waals surface area (Å²) in [5, 5.41) is 1.10. The number of carbonyl (C=O) groups excluding carboxylic acids is 1. The summed E-state index contributed by atoms with van der Waals surface area (Å²) in [5.41, 5.74) is 1.33. The van der Waals surface area contributed by atoms with Gasteiger partial charge in [-0.05, 0) is 38.5 Å². The monoisotopic (exact) mass is 348 g/mol.